The molecule has 0 amide bonds. The molecule has 0 spiro atoms. The monoisotopic (exact) mass is 841 g/mol. The van der Waals surface area contributed by atoms with Crippen LogP contribution >= 0.6 is 0 Å². The summed E-state index contributed by atoms with van der Waals surface area (Å²) < 4.78 is 0. The molecule has 6 heterocycles. The third-order valence-corrected chi connectivity index (χ3v) is 6.51. The third-order valence-electron chi connectivity index (χ3n) is 6.51. The van der Waals surface area contributed by atoms with E-state index in [1.165, 1.54) is 55.4 Å². The summed E-state index contributed by atoms with van der Waals surface area (Å²) in [6.07, 6.45) is 12.3. The molecule has 0 aromatic carbocycles. The smallest absolute Gasteiger partial charge is 0.318 e. The fourth-order valence-corrected chi connectivity index (χ4v) is 4.17. The zero-order chi connectivity index (χ0) is 34.6. The second-order valence-corrected chi connectivity index (χ2v) is 9.64. The predicted octanol–water partition coefficient (Wildman–Crippen LogP) is 2.00. The van der Waals surface area contributed by atoms with Gasteiger partial charge >= 0.3 is 17.9 Å². The Labute approximate surface area is 290 Å². The van der Waals surface area contributed by atoms with Gasteiger partial charge in [-0.1, -0.05) is 18.2 Å². The van der Waals surface area contributed by atoms with Crippen molar-refractivity contribution in [2.45, 2.75) is 0 Å². The molecule has 3 aromatic heterocycles. The van der Waals surface area contributed by atoms with Gasteiger partial charge in [-0.25, -0.2) is 0 Å². The van der Waals surface area contributed by atoms with Crippen molar-refractivity contribution in [1.82, 2.24) is 15.0 Å². The van der Waals surface area contributed by atoms with Gasteiger partial charge in [0.1, 0.15) is 34.9 Å². The van der Waals surface area contributed by atoms with E-state index in [2.05, 4.69) is 29.9 Å². The molecule has 49 heavy (non-hydrogen) atoms. The van der Waals surface area contributed by atoms with E-state index in [1.54, 1.807) is 54.6 Å². The van der Waals surface area contributed by atoms with Crippen LogP contribution in [0.25, 0.3) is 0 Å². The zero-order valence-corrected chi connectivity index (χ0v) is 27.3. The van der Waals surface area contributed by atoms with Gasteiger partial charge in [0, 0.05) is 57.3 Å². The number of carboxylic acid groups (broad SMARTS) is 3. The van der Waals surface area contributed by atoms with E-state index in [1.807, 2.05) is 0 Å². The van der Waals surface area contributed by atoms with Gasteiger partial charge in [-0.15, -0.1) is 0 Å². The Hall–Kier alpha value is -6.25. The number of Topliss-reactive ketones (excluding diaryl/α,β-unsaturated/α-hetero) is 3. The van der Waals surface area contributed by atoms with Gasteiger partial charge in [0.2, 0.25) is 17.3 Å². The number of ketones is 3. The normalized spacial score (nSPS) is 19.0. The molecular formula is C33H24IrN6O9. The first-order valence-corrected chi connectivity index (χ1v) is 13.9. The molecule has 1 radical (unpaired) electrons. The van der Waals surface area contributed by atoms with E-state index in [4.69, 9.17) is 15.3 Å². The van der Waals surface area contributed by atoms with Crippen LogP contribution in [0.15, 0.2) is 125 Å². The van der Waals surface area contributed by atoms with Gasteiger partial charge in [0.25, 0.3) is 0 Å². The van der Waals surface area contributed by atoms with E-state index in [0.29, 0.717) is 17.1 Å². The number of carboxylic acids is 3. The summed E-state index contributed by atoms with van der Waals surface area (Å²) in [5.41, 5.74) is 1.45. The van der Waals surface area contributed by atoms with Gasteiger partial charge in [-0.2, -0.15) is 0 Å². The van der Waals surface area contributed by atoms with E-state index < -0.39 is 53.0 Å². The minimum absolute atomic E-state index is 0. The number of aliphatic imine (C=N–C) groups is 3. The average Bonchev–Trinajstić information content (AvgIpc) is 3.10. The van der Waals surface area contributed by atoms with Crippen molar-refractivity contribution in [2.24, 2.45) is 32.7 Å². The number of rotatable bonds is 6. The van der Waals surface area contributed by atoms with Crippen molar-refractivity contribution < 1.29 is 64.2 Å². The Morgan fingerprint density at radius 1 is 0.469 bits per heavy atom. The summed E-state index contributed by atoms with van der Waals surface area (Å²) in [6, 6.07) is 15.1. The molecule has 16 heteroatoms. The molecule has 0 saturated heterocycles. The standard InChI is InChI=1S/3C11H8N2O3.Ir/c3*14-10-7(11(15)16)4-6-13-9(10)8-3-1-2-5-12-8;/h3*1-7H,(H,15,16);. The molecule has 3 aromatic rings. The molecule has 3 atom stereocenters. The van der Waals surface area contributed by atoms with Crippen molar-refractivity contribution in [3.05, 3.63) is 127 Å². The summed E-state index contributed by atoms with van der Waals surface area (Å²) in [5.74, 6) is -8.60. The Morgan fingerprint density at radius 3 is 0.939 bits per heavy atom. The fourth-order valence-electron chi connectivity index (χ4n) is 4.17. The van der Waals surface area contributed by atoms with Gasteiger partial charge in [0.15, 0.2) is 0 Å². The zero-order valence-electron chi connectivity index (χ0n) is 24.9. The maximum atomic E-state index is 11.8. The molecule has 0 fully saturated rings. The van der Waals surface area contributed by atoms with Crippen LogP contribution in [0, 0.1) is 17.8 Å². The molecule has 0 aliphatic carbocycles. The van der Waals surface area contributed by atoms with Crippen LogP contribution < -0.4 is 0 Å². The van der Waals surface area contributed by atoms with E-state index in [9.17, 15) is 28.8 Å². The van der Waals surface area contributed by atoms with E-state index >= 15 is 0 Å². The number of carbonyl (C=O) groups excluding carboxylic acids is 3. The van der Waals surface area contributed by atoms with Crippen LogP contribution in [0.3, 0.4) is 0 Å². The van der Waals surface area contributed by atoms with Gasteiger partial charge in [-0.05, 0) is 54.6 Å². The molecule has 6 rings (SSSR count). The number of aromatic nitrogens is 3. The summed E-state index contributed by atoms with van der Waals surface area (Å²) in [4.78, 5) is 91.2. The van der Waals surface area contributed by atoms with Crippen LogP contribution in [-0.2, 0) is 48.9 Å². The molecule has 3 unspecified atom stereocenters. The molecule has 3 aliphatic rings. The van der Waals surface area contributed by atoms with Crippen LogP contribution in [0.5, 0.6) is 0 Å². The maximum Gasteiger partial charge on any atom is 0.318 e. The van der Waals surface area contributed by atoms with Gasteiger partial charge in [0.05, 0.1) is 17.1 Å². The number of carbonyl (C=O) groups is 6. The van der Waals surface area contributed by atoms with Gasteiger partial charge < -0.3 is 15.3 Å². The van der Waals surface area contributed by atoms with Gasteiger partial charge in [-0.3, -0.25) is 58.7 Å². The van der Waals surface area contributed by atoms with Crippen molar-refractivity contribution in [2.75, 3.05) is 0 Å². The van der Waals surface area contributed by atoms with Crippen LogP contribution in [0.4, 0.5) is 0 Å². The topological polar surface area (TPSA) is 239 Å². The van der Waals surface area contributed by atoms with Crippen molar-refractivity contribution in [3.8, 4) is 0 Å². The van der Waals surface area contributed by atoms with Crippen molar-refractivity contribution in [3.63, 3.8) is 0 Å². The third kappa shape index (κ3) is 9.40. The molecule has 249 valence electrons. The van der Waals surface area contributed by atoms with Crippen molar-refractivity contribution in [1.29, 1.82) is 0 Å². The second-order valence-electron chi connectivity index (χ2n) is 9.64. The van der Waals surface area contributed by atoms with E-state index in [0.717, 1.165) is 0 Å². The van der Waals surface area contributed by atoms with Crippen LogP contribution in [0.1, 0.15) is 17.1 Å². The minimum Gasteiger partial charge on any atom is -0.480 e. The number of hydrogen-bond acceptors (Lipinski definition) is 12. The summed E-state index contributed by atoms with van der Waals surface area (Å²) in [7, 11) is 0. The van der Waals surface area contributed by atoms with Crippen LogP contribution in [0.2, 0.25) is 0 Å². The number of hydrogen-bond donors (Lipinski definition) is 3. The molecular weight excluding hydrogens is 817 g/mol. The summed E-state index contributed by atoms with van der Waals surface area (Å²) in [6.45, 7) is 0. The Balaban J connectivity index is 0.000000197. The minimum atomic E-state index is -1.18. The summed E-state index contributed by atoms with van der Waals surface area (Å²) in [5, 5.41) is 26.5. The largest absolute Gasteiger partial charge is 0.480 e. The van der Waals surface area contributed by atoms with Crippen molar-refractivity contribution >= 4 is 52.4 Å². The quantitative estimate of drug-likeness (QED) is 0.302. The molecule has 15 nitrogen and oxygen atoms in total. The molecule has 0 bridgehead atoms. The Kier molecular flexibility index (Phi) is 13.4. The van der Waals surface area contributed by atoms with Crippen LogP contribution in [-0.4, -0.2) is 82.7 Å². The molecule has 0 saturated carbocycles. The fraction of sp³-hybridized carbons (Fsp3) is 0.0909. The first kappa shape index (κ1) is 37.2. The first-order valence-electron chi connectivity index (χ1n) is 13.9. The summed E-state index contributed by atoms with van der Waals surface area (Å²) >= 11 is 0. The molecule has 3 aliphatic heterocycles. The number of aliphatic carboxylic acids is 3. The first-order chi connectivity index (χ1) is 23.1. The average molecular weight is 841 g/mol. The van der Waals surface area contributed by atoms with E-state index in [-0.39, 0.29) is 37.2 Å². The SMILES string of the molecule is O=C(O)C1C=CN=C(c2ccccn2)C1=O.O=C(O)C1C=CN=C(c2ccccn2)C1=O.O=C(O)C1C=CN=C(c2ccccn2)C1=O.[Ir]. The predicted molar refractivity (Wildman–Crippen MR) is 168 cm³/mol. The molecule has 3 N–H and O–H groups in total. The number of pyridine rings is 3. The number of nitrogens with zero attached hydrogens (tertiary/aromatic N) is 6. The second kappa shape index (κ2) is 17.6. The maximum absolute atomic E-state index is 11.8. The Bertz CT molecular complexity index is 1700. The Morgan fingerprint density at radius 2 is 0.735 bits per heavy atom.